The number of oxazole rings is 1. The number of nitrogens with zero attached hydrogens (tertiary/aromatic N) is 3. The van der Waals surface area contributed by atoms with Crippen molar-refractivity contribution in [1.29, 1.82) is 0 Å². The van der Waals surface area contributed by atoms with Crippen LogP contribution in [0.2, 0.25) is 0 Å². The Morgan fingerprint density at radius 1 is 1.48 bits per heavy atom. The van der Waals surface area contributed by atoms with Crippen LogP contribution in [0, 0.1) is 11.8 Å². The van der Waals surface area contributed by atoms with E-state index in [-0.39, 0.29) is 35.4 Å². The van der Waals surface area contributed by atoms with Crippen LogP contribution in [0.1, 0.15) is 19.5 Å². The second-order valence-electron chi connectivity index (χ2n) is 7.20. The molecule has 0 spiro atoms. The van der Waals surface area contributed by atoms with E-state index >= 15 is 0 Å². The summed E-state index contributed by atoms with van der Waals surface area (Å²) in [5, 5.41) is 28.7. The molecule has 1 aromatic rings. The second kappa shape index (κ2) is 6.54. The van der Waals surface area contributed by atoms with Gasteiger partial charge in [-0.2, -0.15) is 4.98 Å². The van der Waals surface area contributed by atoms with Gasteiger partial charge in [-0.1, -0.05) is 6.92 Å². The standard InChI is InChI=1S/C17H21N3O6S/c1-7-12-11(8(2)22)15(23)20(12)13(16(24)25)14(7)27-10-3-19(4-10)17-18-9(5-21)6-26-17/h6-8,10-12,21-22H,3-5H2,1-2H3,(H,24,25)/t7-,8-,11-,12-/m1/s1. The Hall–Kier alpha value is -2.04. The molecule has 2 fully saturated rings. The molecule has 0 aromatic carbocycles. The van der Waals surface area contributed by atoms with Crippen molar-refractivity contribution in [3.05, 3.63) is 22.6 Å². The number of amides is 1. The van der Waals surface area contributed by atoms with Gasteiger partial charge in [0, 0.05) is 29.2 Å². The summed E-state index contributed by atoms with van der Waals surface area (Å²) in [5.41, 5.74) is 0.519. The van der Waals surface area contributed by atoms with Gasteiger partial charge in [0.15, 0.2) is 0 Å². The lowest BCUT2D eigenvalue weighted by molar-refractivity contribution is -0.163. The fraction of sp³-hybridized carbons (Fsp3) is 0.588. The first kappa shape index (κ1) is 18.3. The average Bonchev–Trinajstić information content (AvgIpc) is 3.12. The number of hydrogen-bond acceptors (Lipinski definition) is 8. The molecule has 3 aliphatic heterocycles. The Morgan fingerprint density at radius 3 is 2.74 bits per heavy atom. The lowest BCUT2D eigenvalue weighted by Gasteiger charge is -2.46. The van der Waals surface area contributed by atoms with E-state index in [1.54, 1.807) is 6.92 Å². The molecule has 4 heterocycles. The molecule has 3 aliphatic rings. The van der Waals surface area contributed by atoms with Crippen LogP contribution in [0.25, 0.3) is 0 Å². The molecule has 1 aromatic heterocycles. The minimum atomic E-state index is -1.11. The third-order valence-electron chi connectivity index (χ3n) is 5.42. The quantitative estimate of drug-likeness (QED) is 0.581. The number of carboxylic acids is 1. The van der Waals surface area contributed by atoms with Crippen molar-refractivity contribution in [2.45, 2.75) is 37.9 Å². The predicted molar refractivity (Wildman–Crippen MR) is 95.6 cm³/mol. The molecule has 0 radical (unpaired) electrons. The average molecular weight is 395 g/mol. The van der Waals surface area contributed by atoms with Crippen LogP contribution in [0.3, 0.4) is 0 Å². The van der Waals surface area contributed by atoms with Crippen molar-refractivity contribution in [3.63, 3.8) is 0 Å². The Bertz CT molecular complexity index is 815. The van der Waals surface area contributed by atoms with Crippen molar-refractivity contribution in [2.24, 2.45) is 11.8 Å². The van der Waals surface area contributed by atoms with Crippen LogP contribution >= 0.6 is 11.8 Å². The number of carbonyl (C=O) groups excluding carboxylic acids is 1. The van der Waals surface area contributed by atoms with Crippen LogP contribution in [0.4, 0.5) is 6.01 Å². The summed E-state index contributed by atoms with van der Waals surface area (Å²) in [4.78, 5) is 32.2. The largest absolute Gasteiger partial charge is 0.477 e. The summed E-state index contributed by atoms with van der Waals surface area (Å²) in [6.45, 7) is 4.57. The van der Waals surface area contributed by atoms with E-state index in [1.807, 2.05) is 11.8 Å². The molecule has 4 atom stereocenters. The normalized spacial score (nSPS) is 28.9. The van der Waals surface area contributed by atoms with E-state index in [0.717, 1.165) is 0 Å². The lowest BCUT2D eigenvalue weighted by atomic mass is 9.79. The number of carboxylic acid groups (broad SMARTS) is 1. The van der Waals surface area contributed by atoms with Gasteiger partial charge in [-0.25, -0.2) is 4.79 Å². The molecule has 9 nitrogen and oxygen atoms in total. The fourth-order valence-corrected chi connectivity index (χ4v) is 5.56. The summed E-state index contributed by atoms with van der Waals surface area (Å²) in [7, 11) is 0. The van der Waals surface area contributed by atoms with Crippen molar-refractivity contribution in [3.8, 4) is 0 Å². The van der Waals surface area contributed by atoms with Gasteiger partial charge in [0.25, 0.3) is 6.01 Å². The highest BCUT2D eigenvalue weighted by atomic mass is 32.2. The monoisotopic (exact) mass is 395 g/mol. The molecule has 1 amide bonds. The first-order chi connectivity index (χ1) is 12.8. The van der Waals surface area contributed by atoms with Crippen molar-refractivity contribution in [1.82, 2.24) is 9.88 Å². The number of aliphatic hydroxyl groups is 2. The number of β-lactam (4-membered cyclic amide) rings is 1. The molecule has 27 heavy (non-hydrogen) atoms. The summed E-state index contributed by atoms with van der Waals surface area (Å²) in [6.07, 6.45) is 0.609. The van der Waals surface area contributed by atoms with Crippen LogP contribution in [0.5, 0.6) is 0 Å². The van der Waals surface area contributed by atoms with Gasteiger partial charge < -0.3 is 29.5 Å². The molecule has 146 valence electrons. The van der Waals surface area contributed by atoms with Gasteiger partial charge in [-0.05, 0) is 6.92 Å². The van der Waals surface area contributed by atoms with Gasteiger partial charge >= 0.3 is 5.97 Å². The van der Waals surface area contributed by atoms with Crippen LogP contribution in [-0.2, 0) is 16.2 Å². The maximum atomic E-state index is 12.3. The first-order valence-corrected chi connectivity index (χ1v) is 9.67. The van der Waals surface area contributed by atoms with E-state index < -0.39 is 18.0 Å². The second-order valence-corrected chi connectivity index (χ2v) is 8.54. The number of aliphatic carboxylic acids is 1. The van der Waals surface area contributed by atoms with Crippen LogP contribution in [0.15, 0.2) is 21.3 Å². The summed E-state index contributed by atoms with van der Waals surface area (Å²) >= 11 is 1.48. The third kappa shape index (κ3) is 2.74. The molecule has 0 aliphatic carbocycles. The highest BCUT2D eigenvalue weighted by Crippen LogP contribution is 2.52. The number of anilines is 1. The third-order valence-corrected chi connectivity index (χ3v) is 6.88. The molecule has 0 bridgehead atoms. The van der Waals surface area contributed by atoms with Gasteiger partial charge in [0.05, 0.1) is 24.7 Å². The first-order valence-electron chi connectivity index (χ1n) is 8.79. The molecular formula is C17H21N3O6S. The smallest absolute Gasteiger partial charge is 0.353 e. The maximum absolute atomic E-state index is 12.3. The minimum Gasteiger partial charge on any atom is -0.477 e. The summed E-state index contributed by atoms with van der Waals surface area (Å²) < 4.78 is 5.32. The molecule has 10 heteroatoms. The zero-order valence-electron chi connectivity index (χ0n) is 14.9. The van der Waals surface area contributed by atoms with Gasteiger partial charge in [-0.15, -0.1) is 11.8 Å². The zero-order chi connectivity index (χ0) is 19.5. The highest BCUT2D eigenvalue weighted by Gasteiger charge is 2.60. The SMILES string of the molecule is C[C@@H](O)[C@H]1C(=O)N2C(C(=O)O)=C(SC3CN(c4nc(CO)co4)C3)[C@H](C)[C@H]12. The van der Waals surface area contributed by atoms with Crippen molar-refractivity contribution < 1.29 is 29.3 Å². The fourth-order valence-electron chi connectivity index (χ4n) is 4.04. The van der Waals surface area contributed by atoms with E-state index in [0.29, 0.717) is 29.7 Å². The molecule has 4 rings (SSSR count). The number of rotatable bonds is 6. The Morgan fingerprint density at radius 2 is 2.19 bits per heavy atom. The molecule has 2 saturated heterocycles. The van der Waals surface area contributed by atoms with E-state index in [2.05, 4.69) is 4.98 Å². The Kier molecular flexibility index (Phi) is 4.44. The summed E-state index contributed by atoms with van der Waals surface area (Å²) in [5.74, 6) is -2.10. The van der Waals surface area contributed by atoms with E-state index in [1.165, 1.54) is 22.9 Å². The van der Waals surface area contributed by atoms with E-state index in [9.17, 15) is 19.8 Å². The van der Waals surface area contributed by atoms with Gasteiger partial charge in [0.2, 0.25) is 5.91 Å². The maximum Gasteiger partial charge on any atom is 0.353 e. The van der Waals surface area contributed by atoms with Gasteiger partial charge in [-0.3, -0.25) is 4.79 Å². The molecule has 0 saturated carbocycles. The molecule has 0 unspecified atom stereocenters. The van der Waals surface area contributed by atoms with Crippen molar-refractivity contribution >= 4 is 29.7 Å². The molecular weight excluding hydrogens is 374 g/mol. The molecule has 3 N–H and O–H groups in total. The number of hydrogen-bond donors (Lipinski definition) is 3. The van der Waals surface area contributed by atoms with Crippen LogP contribution < -0.4 is 4.90 Å². The number of aromatic nitrogens is 1. The summed E-state index contributed by atoms with van der Waals surface area (Å²) in [6, 6.07) is 0.150. The zero-order valence-corrected chi connectivity index (χ0v) is 15.7. The van der Waals surface area contributed by atoms with Gasteiger partial charge in [0.1, 0.15) is 17.7 Å². The highest BCUT2D eigenvalue weighted by molar-refractivity contribution is 8.03. The topological polar surface area (TPSA) is 127 Å². The van der Waals surface area contributed by atoms with E-state index in [4.69, 9.17) is 9.52 Å². The Balaban J connectivity index is 1.47. The Labute approximate surface area is 159 Å². The van der Waals surface area contributed by atoms with Crippen molar-refractivity contribution in [2.75, 3.05) is 18.0 Å². The minimum absolute atomic E-state index is 0.0524. The predicted octanol–water partition coefficient (Wildman–Crippen LogP) is 0.242. The number of carbonyl (C=O) groups is 2. The number of aliphatic hydroxyl groups excluding tert-OH is 2. The number of fused-ring (bicyclic) bond motifs is 1. The van der Waals surface area contributed by atoms with Crippen LogP contribution in [-0.4, -0.2) is 67.6 Å². The number of thioether (sulfide) groups is 1. The lowest BCUT2D eigenvalue weighted by Crippen LogP contribution is -2.63.